The van der Waals surface area contributed by atoms with Crippen molar-refractivity contribution in [3.05, 3.63) is 83.6 Å². The molecule has 7 nitrogen and oxygen atoms in total. The lowest BCUT2D eigenvalue weighted by molar-refractivity contribution is 0.474. The van der Waals surface area contributed by atoms with E-state index < -0.39 is 25.7 Å². The van der Waals surface area contributed by atoms with Crippen molar-refractivity contribution >= 4 is 30.9 Å². The zero-order valence-corrected chi connectivity index (χ0v) is 19.0. The number of H-pyrrole nitrogens is 1. The Morgan fingerprint density at radius 2 is 1.56 bits per heavy atom. The number of sulfone groups is 1. The minimum Gasteiger partial charge on any atom is -0.457 e. The molecule has 0 bridgehead atoms. The fourth-order valence-corrected chi connectivity index (χ4v) is 5.73. The van der Waals surface area contributed by atoms with Gasteiger partial charge in [0.2, 0.25) is 9.84 Å². The van der Waals surface area contributed by atoms with Gasteiger partial charge < -0.3 is 9.72 Å². The van der Waals surface area contributed by atoms with Gasteiger partial charge in [0.05, 0.1) is 9.79 Å². The highest BCUT2D eigenvalue weighted by molar-refractivity contribution is 7.91. The summed E-state index contributed by atoms with van der Waals surface area (Å²) in [5.41, 5.74) is 2.49. The van der Waals surface area contributed by atoms with Crippen LogP contribution in [0.2, 0.25) is 0 Å². The summed E-state index contributed by atoms with van der Waals surface area (Å²) in [6.07, 6.45) is 1.47. The standard InChI is InChI=1S/C23H21NO6S2/c1-15-10-17(14-31(25,26)27)11-16(2)23(15)30-18-8-9-21-20(12-18)22(13-24-21)32(28,29)19-6-4-3-5-7-19/h3-13,24H,14H2,1-2H3,(H,25,26,27). The van der Waals surface area contributed by atoms with Crippen LogP contribution in [-0.2, 0) is 25.7 Å². The first-order chi connectivity index (χ1) is 15.0. The zero-order chi connectivity index (χ0) is 23.1. The van der Waals surface area contributed by atoms with E-state index in [1.165, 1.54) is 6.20 Å². The molecule has 32 heavy (non-hydrogen) atoms. The highest BCUT2D eigenvalue weighted by Crippen LogP contribution is 2.35. The van der Waals surface area contributed by atoms with Crippen molar-refractivity contribution in [2.24, 2.45) is 0 Å². The maximum absolute atomic E-state index is 13.1. The van der Waals surface area contributed by atoms with E-state index in [4.69, 9.17) is 9.29 Å². The van der Waals surface area contributed by atoms with Crippen molar-refractivity contribution in [2.45, 2.75) is 29.4 Å². The van der Waals surface area contributed by atoms with Crippen LogP contribution in [0.1, 0.15) is 16.7 Å². The Kier molecular flexibility index (Phi) is 5.58. The van der Waals surface area contributed by atoms with E-state index in [0.717, 1.165) is 0 Å². The van der Waals surface area contributed by atoms with Gasteiger partial charge in [-0.1, -0.05) is 30.3 Å². The van der Waals surface area contributed by atoms with Crippen LogP contribution in [0.5, 0.6) is 11.5 Å². The van der Waals surface area contributed by atoms with Crippen molar-refractivity contribution in [2.75, 3.05) is 0 Å². The van der Waals surface area contributed by atoms with Crippen LogP contribution >= 0.6 is 0 Å². The Morgan fingerprint density at radius 3 is 2.19 bits per heavy atom. The molecule has 0 unspecified atom stereocenters. The predicted octanol–water partition coefficient (Wildman–Crippen LogP) is 4.80. The molecule has 0 fully saturated rings. The van der Waals surface area contributed by atoms with Crippen molar-refractivity contribution in [3.8, 4) is 11.5 Å². The van der Waals surface area contributed by atoms with E-state index in [-0.39, 0.29) is 9.79 Å². The van der Waals surface area contributed by atoms with Crippen LogP contribution in [0.4, 0.5) is 0 Å². The van der Waals surface area contributed by atoms with Gasteiger partial charge in [0.15, 0.2) is 0 Å². The number of aryl methyl sites for hydroxylation is 2. The molecule has 0 saturated heterocycles. The van der Waals surface area contributed by atoms with Crippen LogP contribution in [0.25, 0.3) is 10.9 Å². The third-order valence-electron chi connectivity index (χ3n) is 5.05. The average molecular weight is 472 g/mol. The molecule has 1 aromatic heterocycles. The van der Waals surface area contributed by atoms with Gasteiger partial charge in [-0.2, -0.15) is 8.42 Å². The smallest absolute Gasteiger partial charge is 0.269 e. The molecule has 0 aliphatic carbocycles. The number of fused-ring (bicyclic) bond motifs is 1. The summed E-state index contributed by atoms with van der Waals surface area (Å²) in [5.74, 6) is 0.493. The maximum atomic E-state index is 13.1. The van der Waals surface area contributed by atoms with Crippen molar-refractivity contribution < 1.29 is 26.1 Å². The number of benzene rings is 3. The summed E-state index contributed by atoms with van der Waals surface area (Å²) in [4.78, 5) is 3.35. The monoisotopic (exact) mass is 471 g/mol. The Hall–Kier alpha value is -3.14. The molecule has 0 atom stereocenters. The SMILES string of the molecule is Cc1cc(CS(=O)(=O)O)cc(C)c1Oc1ccc2[nH]cc(S(=O)(=O)c3ccccc3)c2c1. The second-order valence-electron chi connectivity index (χ2n) is 7.56. The number of hydrogen-bond acceptors (Lipinski definition) is 5. The number of rotatable bonds is 6. The summed E-state index contributed by atoms with van der Waals surface area (Å²) >= 11 is 0. The van der Waals surface area contributed by atoms with Crippen LogP contribution < -0.4 is 4.74 Å². The number of ether oxygens (including phenoxy) is 1. The first kappa shape index (κ1) is 22.1. The first-order valence-corrected chi connectivity index (χ1v) is 12.8. The normalized spacial score (nSPS) is 12.2. The van der Waals surface area contributed by atoms with Crippen molar-refractivity contribution in [3.63, 3.8) is 0 Å². The Bertz CT molecular complexity index is 1500. The topological polar surface area (TPSA) is 114 Å². The Balaban J connectivity index is 1.72. The van der Waals surface area contributed by atoms with Gasteiger partial charge in [0.1, 0.15) is 17.3 Å². The molecule has 166 valence electrons. The molecule has 0 aliphatic rings. The molecule has 0 saturated carbocycles. The largest absolute Gasteiger partial charge is 0.457 e. The van der Waals surface area contributed by atoms with E-state index in [1.807, 2.05) is 0 Å². The predicted molar refractivity (Wildman–Crippen MR) is 121 cm³/mol. The molecule has 9 heteroatoms. The lowest BCUT2D eigenvalue weighted by Crippen LogP contribution is -2.03. The number of hydrogen-bond donors (Lipinski definition) is 2. The summed E-state index contributed by atoms with van der Waals surface area (Å²) < 4.78 is 63.7. The van der Waals surface area contributed by atoms with Crippen LogP contribution in [0.3, 0.4) is 0 Å². The molecule has 4 aromatic rings. The van der Waals surface area contributed by atoms with Gasteiger partial charge in [0, 0.05) is 17.1 Å². The zero-order valence-electron chi connectivity index (χ0n) is 17.4. The molecular weight excluding hydrogens is 450 g/mol. The molecule has 4 rings (SSSR count). The summed E-state index contributed by atoms with van der Waals surface area (Å²) in [7, 11) is -7.86. The van der Waals surface area contributed by atoms with E-state index in [0.29, 0.717) is 39.1 Å². The van der Waals surface area contributed by atoms with E-state index in [9.17, 15) is 16.8 Å². The van der Waals surface area contributed by atoms with Gasteiger partial charge in [-0.15, -0.1) is 0 Å². The third-order valence-corrected chi connectivity index (χ3v) is 7.56. The minimum atomic E-state index is -4.14. The van der Waals surface area contributed by atoms with Gasteiger partial charge >= 0.3 is 0 Å². The molecular formula is C23H21NO6S2. The van der Waals surface area contributed by atoms with Crippen molar-refractivity contribution in [1.29, 1.82) is 0 Å². The first-order valence-electron chi connectivity index (χ1n) is 9.69. The molecule has 3 aromatic carbocycles. The van der Waals surface area contributed by atoms with E-state index >= 15 is 0 Å². The van der Waals surface area contributed by atoms with E-state index in [2.05, 4.69) is 4.98 Å². The van der Waals surface area contributed by atoms with Crippen molar-refractivity contribution in [1.82, 2.24) is 4.98 Å². The summed E-state index contributed by atoms with van der Waals surface area (Å²) in [5, 5.41) is 0.504. The lowest BCUT2D eigenvalue weighted by Gasteiger charge is -2.14. The number of aromatic nitrogens is 1. The second-order valence-corrected chi connectivity index (χ2v) is 10.9. The van der Waals surface area contributed by atoms with E-state index in [1.54, 1.807) is 74.5 Å². The molecule has 0 radical (unpaired) electrons. The highest BCUT2D eigenvalue weighted by atomic mass is 32.2. The maximum Gasteiger partial charge on any atom is 0.269 e. The number of nitrogens with one attached hydrogen (secondary N) is 1. The molecule has 1 heterocycles. The minimum absolute atomic E-state index is 0.154. The van der Waals surface area contributed by atoms with Gasteiger partial charge in [0.25, 0.3) is 10.1 Å². The molecule has 0 amide bonds. The lowest BCUT2D eigenvalue weighted by atomic mass is 10.1. The number of aromatic amines is 1. The third kappa shape index (κ3) is 4.40. The fourth-order valence-electron chi connectivity index (χ4n) is 3.70. The quantitative estimate of drug-likeness (QED) is 0.391. The van der Waals surface area contributed by atoms with Crippen LogP contribution in [0, 0.1) is 13.8 Å². The average Bonchev–Trinajstić information content (AvgIpc) is 3.14. The van der Waals surface area contributed by atoms with Gasteiger partial charge in [-0.05, 0) is 60.9 Å². The molecule has 0 aliphatic heterocycles. The molecule has 0 spiro atoms. The molecule has 2 N–H and O–H groups in total. The van der Waals surface area contributed by atoms with Gasteiger partial charge in [-0.25, -0.2) is 8.42 Å². The summed E-state index contributed by atoms with van der Waals surface area (Å²) in [6.45, 7) is 3.55. The Labute approximate surface area is 186 Å². The van der Waals surface area contributed by atoms with Crippen LogP contribution in [0.15, 0.2) is 76.7 Å². The Morgan fingerprint density at radius 1 is 0.906 bits per heavy atom. The van der Waals surface area contributed by atoms with Crippen LogP contribution in [-0.4, -0.2) is 26.4 Å². The van der Waals surface area contributed by atoms with Gasteiger partial charge in [-0.3, -0.25) is 4.55 Å². The summed E-state index contributed by atoms with van der Waals surface area (Å²) in [6, 6.07) is 16.6. The highest BCUT2D eigenvalue weighted by Gasteiger charge is 2.22. The second kappa shape index (κ2) is 8.09. The fraction of sp³-hybridized carbons (Fsp3) is 0.130.